The van der Waals surface area contributed by atoms with E-state index in [4.69, 9.17) is 53.0 Å². The minimum atomic E-state index is -3.90. The Bertz CT molecular complexity index is 295. The summed E-state index contributed by atoms with van der Waals surface area (Å²) in [5.74, 6) is 0. The second kappa shape index (κ2) is 36.2. The van der Waals surface area contributed by atoms with Gasteiger partial charge in [-0.1, -0.05) is 0 Å². The number of hydrogen-bond acceptors (Lipinski definition) is 0. The maximum atomic E-state index is 11.8. The molecule has 0 aliphatic rings. The third kappa shape index (κ3) is 36.0. The van der Waals surface area contributed by atoms with Crippen molar-refractivity contribution in [3.8, 4) is 0 Å². The summed E-state index contributed by atoms with van der Waals surface area (Å²) in [5, 5.41) is -3.90. The molecule has 108 valence electrons. The van der Waals surface area contributed by atoms with Gasteiger partial charge in [-0.25, -0.2) is 6.57 Å². The van der Waals surface area contributed by atoms with E-state index >= 15 is 0 Å². The molecule has 20 heavy (non-hydrogen) atoms. The van der Waals surface area contributed by atoms with Gasteiger partial charge in [-0.2, -0.15) is 8.78 Å². The molecule has 0 bridgehead atoms. The zero-order valence-corrected chi connectivity index (χ0v) is 12.3. The second-order valence-corrected chi connectivity index (χ2v) is 2.91. The predicted octanol–water partition coefficient (Wildman–Crippen LogP) is 2.68. The maximum absolute atomic E-state index is 11.8. The Hall–Kier alpha value is -0.548. The Morgan fingerprint density at radius 1 is 0.700 bits per heavy atom. The fourth-order valence-electron chi connectivity index (χ4n) is 0.0634. The molecule has 0 rings (SSSR count). The first-order valence-corrected chi connectivity index (χ1v) is 3.80. The summed E-state index contributed by atoms with van der Waals surface area (Å²) < 4.78 is 58.2. The van der Waals surface area contributed by atoms with E-state index in [-0.39, 0.29) is 17.4 Å². The average Bonchev–Trinajstić information content (AvgIpc) is 2.48. The summed E-state index contributed by atoms with van der Waals surface area (Å²) in [6.45, 7) is 28.6. The minimum Gasteiger partial charge on any atom is 0 e. The molecule has 0 aliphatic heterocycles. The molecule has 0 atom stereocenters. The molecule has 0 saturated carbocycles. The average molecular weight is 386 g/mol. The number of alkyl halides is 5. The summed E-state index contributed by atoms with van der Waals surface area (Å²) >= 11 is 13.8. The smallest absolute Gasteiger partial charge is 0 e. The van der Waals surface area contributed by atoms with Gasteiger partial charge in [0.15, 0.2) is 0 Å². The van der Waals surface area contributed by atoms with Crippen LogP contribution in [0.4, 0.5) is 8.78 Å². The number of halogens is 5. The van der Waals surface area contributed by atoms with Crippen molar-refractivity contribution in [2.75, 3.05) is 0 Å². The number of nitrogens with zero attached hydrogens (tertiary/aromatic N) is 1. The Morgan fingerprint density at radius 3 is 0.850 bits per heavy atom. The molecule has 0 heterocycles. The van der Waals surface area contributed by atoms with Gasteiger partial charge in [0.05, 0.1) is 0 Å². The van der Waals surface area contributed by atoms with Crippen molar-refractivity contribution in [1.82, 2.24) is 0 Å². The molecule has 0 aromatic rings. The Labute approximate surface area is 138 Å². The van der Waals surface area contributed by atoms with E-state index in [1.165, 1.54) is 0 Å². The molecule has 0 aromatic heterocycles. The van der Waals surface area contributed by atoms with Gasteiger partial charge < -0.3 is 0 Å². The van der Waals surface area contributed by atoms with Crippen LogP contribution in [0.15, 0.2) is 0 Å². The molecule has 0 fully saturated rings. The maximum Gasteiger partial charge on any atom is 0 e. The Balaban J connectivity index is -0.0000000261. The zero-order valence-electron chi connectivity index (χ0n) is 8.79. The topological polar surface area (TPSA) is 104 Å². The molecule has 0 radical (unpaired) electrons. The molecular weight excluding hydrogens is 386 g/mol. The van der Waals surface area contributed by atoms with E-state index in [2.05, 4.69) is 49.7 Å². The largest absolute Gasteiger partial charge is 0 e. The van der Waals surface area contributed by atoms with Crippen molar-refractivity contribution < 1.29 is 49.4 Å². The molecule has 12 heteroatoms. The quantitative estimate of drug-likeness (QED) is 0.286. The zero-order chi connectivity index (χ0) is 17.7. The number of rotatable bonds is 1. The van der Waals surface area contributed by atoms with Gasteiger partial charge in [-0.05, 0) is 34.8 Å². The van der Waals surface area contributed by atoms with Crippen LogP contribution in [0.3, 0.4) is 0 Å². The van der Waals surface area contributed by atoms with E-state index in [0.717, 1.165) is 0 Å². The first-order valence-electron chi connectivity index (χ1n) is 2.66. The Kier molecular flexibility index (Phi) is 77.4. The summed E-state index contributed by atoms with van der Waals surface area (Å²) in [7, 11) is 0. The van der Waals surface area contributed by atoms with Gasteiger partial charge in [-0.15, -0.1) is 0 Å². The SMILES string of the molecule is [C-]#[N+]C(Cl)(Cl)C(F)(F)Cl.[C-]#[O+].[C-]#[O+].[C-]#[O+].[C-]#[O+].[C-]#[O+].[Cr]. The van der Waals surface area contributed by atoms with Gasteiger partial charge in [-0.3, -0.25) is 4.85 Å². The van der Waals surface area contributed by atoms with E-state index in [1.54, 1.807) is 0 Å². The summed E-state index contributed by atoms with van der Waals surface area (Å²) in [4.78, 5) is 2.19. The first kappa shape index (κ1) is 42.7. The van der Waals surface area contributed by atoms with Gasteiger partial charge in [0.2, 0.25) is 0 Å². The van der Waals surface area contributed by atoms with Gasteiger partial charge in [0.25, 0.3) is 0 Å². The monoisotopic (exact) mass is 385 g/mol. The van der Waals surface area contributed by atoms with Crippen LogP contribution in [0.25, 0.3) is 4.85 Å². The van der Waals surface area contributed by atoms with Crippen molar-refractivity contribution in [2.45, 2.75) is 9.84 Å². The van der Waals surface area contributed by atoms with Crippen LogP contribution in [0.2, 0.25) is 0 Å². The minimum absolute atomic E-state index is 0. The molecule has 0 aliphatic carbocycles. The van der Waals surface area contributed by atoms with Gasteiger partial charge >= 0.3 is 66.4 Å². The van der Waals surface area contributed by atoms with Crippen LogP contribution in [0.5, 0.6) is 0 Å². The molecule has 0 spiro atoms. The molecule has 0 aromatic carbocycles. The molecule has 0 unspecified atom stereocenters. The molecular formula is C8Cl3CrF2NO5. The predicted molar refractivity (Wildman–Crippen MR) is 51.5 cm³/mol. The van der Waals surface area contributed by atoms with Crippen LogP contribution in [0.1, 0.15) is 0 Å². The van der Waals surface area contributed by atoms with Crippen LogP contribution >= 0.6 is 34.8 Å². The van der Waals surface area contributed by atoms with E-state index < -0.39 is 9.84 Å². The third-order valence-corrected chi connectivity index (χ3v) is 1.59. The van der Waals surface area contributed by atoms with Gasteiger partial charge in [0, 0.05) is 17.4 Å². The summed E-state index contributed by atoms with van der Waals surface area (Å²) in [6.07, 6.45) is 0. The summed E-state index contributed by atoms with van der Waals surface area (Å²) in [6, 6.07) is 0. The normalized spacial score (nSPS) is 6.30. The molecule has 0 saturated heterocycles. The van der Waals surface area contributed by atoms with E-state index in [1.807, 2.05) is 0 Å². The molecule has 0 amide bonds. The summed E-state index contributed by atoms with van der Waals surface area (Å²) in [5.41, 5.74) is 0. The fourth-order valence-corrected chi connectivity index (χ4v) is 0.106. The Morgan fingerprint density at radius 2 is 0.850 bits per heavy atom. The van der Waals surface area contributed by atoms with Crippen molar-refractivity contribution in [1.29, 1.82) is 0 Å². The van der Waals surface area contributed by atoms with Crippen LogP contribution in [-0.4, -0.2) is 9.84 Å². The van der Waals surface area contributed by atoms with Crippen molar-refractivity contribution in [3.63, 3.8) is 0 Å². The van der Waals surface area contributed by atoms with Crippen molar-refractivity contribution in [2.24, 2.45) is 0 Å². The van der Waals surface area contributed by atoms with E-state index in [9.17, 15) is 8.78 Å². The fraction of sp³-hybridized carbons (Fsp3) is 0.250. The standard InChI is InChI=1S/C3Cl3F2N.5CO.Cr/c1-9-2(4,5)3(6,7)8;5*1-2;. The van der Waals surface area contributed by atoms with Crippen LogP contribution in [-0.2, 0) is 40.6 Å². The van der Waals surface area contributed by atoms with Crippen molar-refractivity contribution in [3.05, 3.63) is 44.7 Å². The third-order valence-electron chi connectivity index (χ3n) is 0.481. The second-order valence-electron chi connectivity index (χ2n) is 1.15. The van der Waals surface area contributed by atoms with Crippen LogP contribution < -0.4 is 0 Å². The molecule has 6 nitrogen and oxygen atoms in total. The van der Waals surface area contributed by atoms with E-state index in [0.29, 0.717) is 0 Å². The number of hydrogen-bond donors (Lipinski definition) is 0. The van der Waals surface area contributed by atoms with Gasteiger partial charge in [0.1, 0.15) is 0 Å². The molecule has 0 N–H and O–H groups in total. The van der Waals surface area contributed by atoms with Crippen molar-refractivity contribution >= 4 is 34.8 Å². The first-order chi connectivity index (χ1) is 8.81. The van der Waals surface area contributed by atoms with Crippen LogP contribution in [0, 0.1) is 39.8 Å².